The second-order valence-corrected chi connectivity index (χ2v) is 6.88. The normalized spacial score (nSPS) is 10.8. The lowest BCUT2D eigenvalue weighted by Gasteiger charge is -2.10. The lowest BCUT2D eigenvalue weighted by Crippen LogP contribution is -2.28. The van der Waals surface area contributed by atoms with E-state index in [1.165, 1.54) is 12.1 Å². The fourth-order valence-electron chi connectivity index (χ4n) is 2.87. The van der Waals surface area contributed by atoms with Crippen molar-refractivity contribution in [1.29, 1.82) is 0 Å². The molecule has 0 spiro atoms. The second-order valence-electron chi connectivity index (χ2n) is 5.93. The van der Waals surface area contributed by atoms with Crippen LogP contribution in [0.15, 0.2) is 66.6 Å². The molecule has 4 aromatic rings. The third kappa shape index (κ3) is 3.67. The Morgan fingerprint density at radius 3 is 2.79 bits per heavy atom. The summed E-state index contributed by atoms with van der Waals surface area (Å²) in [6, 6.07) is 9.89. The van der Waals surface area contributed by atoms with E-state index in [-0.39, 0.29) is 5.56 Å². The lowest BCUT2D eigenvalue weighted by atomic mass is 10.1. The quantitative estimate of drug-likeness (QED) is 0.543. The number of halogens is 1. The Labute approximate surface area is 164 Å². The highest BCUT2D eigenvalue weighted by Crippen LogP contribution is 2.33. The predicted octanol–water partition coefficient (Wildman–Crippen LogP) is 3.64. The molecule has 140 valence electrons. The molecule has 0 fully saturated rings. The summed E-state index contributed by atoms with van der Waals surface area (Å²) in [4.78, 5) is 21.7. The topological polar surface area (TPSA) is 72.7 Å². The molecule has 28 heavy (non-hydrogen) atoms. The van der Waals surface area contributed by atoms with E-state index in [9.17, 15) is 9.18 Å². The zero-order chi connectivity index (χ0) is 19.3. The van der Waals surface area contributed by atoms with Gasteiger partial charge in [0.05, 0.1) is 40.8 Å². The molecule has 0 aliphatic rings. The van der Waals surface area contributed by atoms with Crippen LogP contribution in [0.4, 0.5) is 4.39 Å². The van der Waals surface area contributed by atoms with Crippen LogP contribution in [-0.4, -0.2) is 32.2 Å². The number of rotatable bonds is 6. The van der Waals surface area contributed by atoms with Crippen molar-refractivity contribution < 1.29 is 9.18 Å². The molecule has 6 nitrogen and oxygen atoms in total. The SMILES string of the molecule is O=C(NCCn1ncc(-c2cnccn2)c1-c1cccs1)c1ccccc1F. The minimum atomic E-state index is -0.539. The molecule has 0 saturated heterocycles. The molecule has 1 amide bonds. The molecule has 0 unspecified atom stereocenters. The fraction of sp³-hybridized carbons (Fsp3) is 0.100. The van der Waals surface area contributed by atoms with Gasteiger partial charge < -0.3 is 5.32 Å². The van der Waals surface area contributed by atoms with Gasteiger partial charge in [-0.2, -0.15) is 5.10 Å². The van der Waals surface area contributed by atoms with E-state index in [1.54, 1.807) is 48.3 Å². The van der Waals surface area contributed by atoms with Gasteiger partial charge in [0.1, 0.15) is 5.82 Å². The Kier molecular flexibility index (Phi) is 5.20. The number of aromatic nitrogens is 4. The van der Waals surface area contributed by atoms with E-state index in [0.717, 1.165) is 21.8 Å². The summed E-state index contributed by atoms with van der Waals surface area (Å²) in [6.07, 6.45) is 6.70. The Balaban J connectivity index is 1.55. The molecule has 3 aromatic heterocycles. The molecular weight excluding hydrogens is 377 g/mol. The molecule has 3 heterocycles. The Hall–Kier alpha value is -3.39. The van der Waals surface area contributed by atoms with E-state index in [0.29, 0.717) is 13.1 Å². The van der Waals surface area contributed by atoms with Crippen LogP contribution in [0.1, 0.15) is 10.4 Å². The van der Waals surface area contributed by atoms with Gasteiger partial charge in [0, 0.05) is 24.5 Å². The van der Waals surface area contributed by atoms with Crippen LogP contribution in [0.25, 0.3) is 21.8 Å². The van der Waals surface area contributed by atoms with Crippen LogP contribution in [0.5, 0.6) is 0 Å². The van der Waals surface area contributed by atoms with Crippen molar-refractivity contribution in [2.45, 2.75) is 6.54 Å². The number of nitrogens with zero attached hydrogens (tertiary/aromatic N) is 4. The van der Waals surface area contributed by atoms with Crippen LogP contribution >= 0.6 is 11.3 Å². The number of nitrogens with one attached hydrogen (secondary N) is 1. The van der Waals surface area contributed by atoms with Crippen molar-refractivity contribution in [1.82, 2.24) is 25.1 Å². The van der Waals surface area contributed by atoms with Gasteiger partial charge in [-0.25, -0.2) is 4.39 Å². The molecule has 0 saturated carbocycles. The molecule has 0 atom stereocenters. The maximum Gasteiger partial charge on any atom is 0.254 e. The zero-order valence-electron chi connectivity index (χ0n) is 14.7. The molecule has 0 bridgehead atoms. The summed E-state index contributed by atoms with van der Waals surface area (Å²) in [6.45, 7) is 0.751. The van der Waals surface area contributed by atoms with Crippen LogP contribution in [0, 0.1) is 5.82 Å². The molecule has 1 aromatic carbocycles. The third-order valence-electron chi connectivity index (χ3n) is 4.16. The first-order chi connectivity index (χ1) is 13.7. The summed E-state index contributed by atoms with van der Waals surface area (Å²) >= 11 is 1.60. The highest BCUT2D eigenvalue weighted by Gasteiger charge is 2.17. The predicted molar refractivity (Wildman–Crippen MR) is 105 cm³/mol. The van der Waals surface area contributed by atoms with Gasteiger partial charge in [-0.05, 0) is 23.6 Å². The highest BCUT2D eigenvalue weighted by molar-refractivity contribution is 7.13. The smallest absolute Gasteiger partial charge is 0.254 e. The summed E-state index contributed by atoms with van der Waals surface area (Å²) in [5.41, 5.74) is 2.54. The number of benzene rings is 1. The van der Waals surface area contributed by atoms with Crippen molar-refractivity contribution in [3.63, 3.8) is 0 Å². The van der Waals surface area contributed by atoms with Crippen LogP contribution in [0.3, 0.4) is 0 Å². The molecule has 0 aliphatic heterocycles. The largest absolute Gasteiger partial charge is 0.350 e. The number of carbonyl (C=O) groups is 1. The minimum Gasteiger partial charge on any atom is -0.350 e. The standard InChI is InChI=1S/C20H16FN5OS/c21-16-5-2-1-4-14(16)20(27)24-9-10-26-19(18-6-3-11-28-18)15(12-25-26)17-13-22-7-8-23-17/h1-8,11-13H,9-10H2,(H,24,27). The van der Waals surface area contributed by atoms with E-state index < -0.39 is 11.7 Å². The molecule has 1 N–H and O–H groups in total. The van der Waals surface area contributed by atoms with Crippen molar-refractivity contribution in [3.05, 3.63) is 77.9 Å². The first-order valence-corrected chi connectivity index (χ1v) is 9.51. The first kappa shape index (κ1) is 18.0. The average molecular weight is 393 g/mol. The Morgan fingerprint density at radius 1 is 1.14 bits per heavy atom. The Bertz CT molecular complexity index is 1080. The summed E-state index contributed by atoms with van der Waals surface area (Å²) in [5, 5.41) is 9.20. The van der Waals surface area contributed by atoms with Crippen molar-refractivity contribution >= 4 is 17.2 Å². The van der Waals surface area contributed by atoms with Gasteiger partial charge in [0.2, 0.25) is 0 Å². The summed E-state index contributed by atoms with van der Waals surface area (Å²) in [7, 11) is 0. The molecule has 0 aliphatic carbocycles. The molecule has 8 heteroatoms. The van der Waals surface area contributed by atoms with Gasteiger partial charge in [-0.15, -0.1) is 11.3 Å². The first-order valence-electron chi connectivity index (χ1n) is 8.63. The third-order valence-corrected chi connectivity index (χ3v) is 5.04. The Morgan fingerprint density at radius 2 is 2.04 bits per heavy atom. The number of amides is 1. The number of hydrogen-bond donors (Lipinski definition) is 1. The minimum absolute atomic E-state index is 0.0293. The van der Waals surface area contributed by atoms with Gasteiger partial charge in [0.15, 0.2) is 0 Å². The summed E-state index contributed by atoms with van der Waals surface area (Å²) < 4.78 is 15.6. The van der Waals surface area contributed by atoms with Crippen molar-refractivity contribution in [2.24, 2.45) is 0 Å². The van der Waals surface area contributed by atoms with Gasteiger partial charge >= 0.3 is 0 Å². The number of carbonyl (C=O) groups excluding carboxylic acids is 1. The van der Waals surface area contributed by atoms with E-state index >= 15 is 0 Å². The molecular formula is C20H16FN5OS. The maximum absolute atomic E-state index is 13.7. The van der Waals surface area contributed by atoms with E-state index in [2.05, 4.69) is 20.4 Å². The van der Waals surface area contributed by atoms with E-state index in [4.69, 9.17) is 0 Å². The summed E-state index contributed by atoms with van der Waals surface area (Å²) in [5.74, 6) is -0.986. The van der Waals surface area contributed by atoms with Crippen molar-refractivity contribution in [2.75, 3.05) is 6.54 Å². The average Bonchev–Trinajstić information content (AvgIpc) is 3.38. The van der Waals surface area contributed by atoms with Crippen molar-refractivity contribution in [3.8, 4) is 21.8 Å². The maximum atomic E-state index is 13.7. The van der Waals surface area contributed by atoms with Gasteiger partial charge in [-0.1, -0.05) is 18.2 Å². The van der Waals surface area contributed by atoms with Gasteiger partial charge in [-0.3, -0.25) is 19.4 Å². The zero-order valence-corrected chi connectivity index (χ0v) is 15.6. The fourth-order valence-corrected chi connectivity index (χ4v) is 3.66. The highest BCUT2D eigenvalue weighted by atomic mass is 32.1. The lowest BCUT2D eigenvalue weighted by molar-refractivity contribution is 0.0948. The number of hydrogen-bond acceptors (Lipinski definition) is 5. The van der Waals surface area contributed by atoms with E-state index in [1.807, 2.05) is 22.2 Å². The monoisotopic (exact) mass is 393 g/mol. The van der Waals surface area contributed by atoms with Crippen LogP contribution in [0.2, 0.25) is 0 Å². The van der Waals surface area contributed by atoms with Gasteiger partial charge in [0.25, 0.3) is 5.91 Å². The molecule has 0 radical (unpaired) electrons. The second kappa shape index (κ2) is 8.10. The van der Waals surface area contributed by atoms with Crippen LogP contribution < -0.4 is 5.32 Å². The molecule has 4 rings (SSSR count). The van der Waals surface area contributed by atoms with Crippen LogP contribution in [-0.2, 0) is 6.54 Å². The number of thiophene rings is 1.